The molecule has 2 atom stereocenters. The van der Waals surface area contributed by atoms with E-state index in [9.17, 15) is 20.0 Å². The molecule has 0 saturated heterocycles. The first kappa shape index (κ1) is 12.1. The molecule has 1 aliphatic heterocycles. The van der Waals surface area contributed by atoms with Gasteiger partial charge in [-0.1, -0.05) is 0 Å². The van der Waals surface area contributed by atoms with Crippen LogP contribution in [0.1, 0.15) is 10.9 Å². The smallest absolute Gasteiger partial charge is 0.272 e. The highest BCUT2D eigenvalue weighted by atomic mass is 35.5. The second kappa shape index (κ2) is 4.14. The molecule has 6 nitrogen and oxygen atoms in total. The number of carbonyl (C=O) groups excluding carboxylic acids is 1. The van der Waals surface area contributed by atoms with Gasteiger partial charge in [0.25, 0.3) is 11.6 Å². The molecular weight excluding hydrogens is 271 g/mol. The molecule has 90 valence electrons. The summed E-state index contributed by atoms with van der Waals surface area (Å²) in [6.07, 6.45) is -1.46. The lowest BCUT2D eigenvalue weighted by Gasteiger charge is -2.29. The molecule has 17 heavy (non-hydrogen) atoms. The van der Waals surface area contributed by atoms with Gasteiger partial charge in [0.1, 0.15) is 0 Å². The van der Waals surface area contributed by atoms with E-state index in [2.05, 4.69) is 0 Å². The highest BCUT2D eigenvalue weighted by molar-refractivity contribution is 6.40. The number of carbonyl (C=O) groups is 1. The highest BCUT2D eigenvalue weighted by Gasteiger charge is 2.38. The summed E-state index contributed by atoms with van der Waals surface area (Å²) in [4.78, 5) is 21.5. The Morgan fingerprint density at radius 3 is 2.71 bits per heavy atom. The van der Waals surface area contributed by atoms with Gasteiger partial charge in [-0.25, -0.2) is 4.42 Å². The van der Waals surface area contributed by atoms with Gasteiger partial charge < -0.3 is 5.11 Å². The van der Waals surface area contributed by atoms with Gasteiger partial charge >= 0.3 is 0 Å². The molecule has 0 radical (unpaired) electrons. The number of rotatable bonds is 1. The Balaban J connectivity index is 2.58. The van der Waals surface area contributed by atoms with Crippen molar-refractivity contribution in [2.75, 3.05) is 4.42 Å². The van der Waals surface area contributed by atoms with Crippen LogP contribution in [0.3, 0.4) is 0 Å². The number of amides is 1. The van der Waals surface area contributed by atoms with E-state index in [1.807, 2.05) is 0 Å². The van der Waals surface area contributed by atoms with E-state index >= 15 is 0 Å². The molecule has 0 bridgehead atoms. The molecule has 1 N–H and O–H groups in total. The lowest BCUT2D eigenvalue weighted by Crippen LogP contribution is -2.40. The maximum atomic E-state index is 11.5. The lowest BCUT2D eigenvalue weighted by atomic mass is 10.00. The van der Waals surface area contributed by atoms with Crippen LogP contribution in [-0.4, -0.2) is 22.0 Å². The molecule has 0 saturated carbocycles. The van der Waals surface area contributed by atoms with Crippen molar-refractivity contribution in [2.45, 2.75) is 11.5 Å². The van der Waals surface area contributed by atoms with Gasteiger partial charge in [0.05, 0.1) is 16.0 Å². The third kappa shape index (κ3) is 1.84. The summed E-state index contributed by atoms with van der Waals surface area (Å²) in [5, 5.41) is 19.1. The number of nitro benzene ring substituents is 1. The number of alkyl halides is 1. The van der Waals surface area contributed by atoms with E-state index in [0.29, 0.717) is 9.98 Å². The van der Waals surface area contributed by atoms with Crippen LogP contribution in [0, 0.1) is 10.1 Å². The van der Waals surface area contributed by atoms with Crippen LogP contribution in [0.4, 0.5) is 11.4 Å². The summed E-state index contributed by atoms with van der Waals surface area (Å²) in [6, 6.07) is 3.75. The normalized spacial score (nSPS) is 23.5. The Labute approximate surface area is 106 Å². The van der Waals surface area contributed by atoms with Crippen molar-refractivity contribution >= 4 is 40.7 Å². The molecule has 0 spiro atoms. The average Bonchev–Trinajstić information content (AvgIpc) is 2.32. The number of non-ortho nitro benzene ring substituents is 1. The molecule has 2 rings (SSSR count). The number of hydrogen-bond donors (Lipinski definition) is 1. The van der Waals surface area contributed by atoms with Crippen molar-refractivity contribution in [2.24, 2.45) is 0 Å². The van der Waals surface area contributed by atoms with E-state index in [1.54, 1.807) is 0 Å². The summed E-state index contributed by atoms with van der Waals surface area (Å²) in [5.74, 6) is -0.806. The predicted molar refractivity (Wildman–Crippen MR) is 61.0 cm³/mol. The number of aliphatic hydroxyl groups is 1. The fourth-order valence-corrected chi connectivity index (χ4v) is 2.12. The second-order valence-electron chi connectivity index (χ2n) is 3.47. The molecule has 1 aliphatic rings. The topological polar surface area (TPSA) is 83.7 Å². The first-order valence-corrected chi connectivity index (χ1v) is 5.31. The summed E-state index contributed by atoms with van der Waals surface area (Å²) in [7, 11) is 0. The highest BCUT2D eigenvalue weighted by Crippen LogP contribution is 2.41. The molecule has 1 heterocycles. The summed E-state index contributed by atoms with van der Waals surface area (Å²) < 4.78 is 0.645. The monoisotopic (exact) mass is 276 g/mol. The van der Waals surface area contributed by atoms with E-state index < -0.39 is 22.3 Å². The van der Waals surface area contributed by atoms with Gasteiger partial charge in [-0.05, 0) is 11.6 Å². The zero-order valence-corrected chi connectivity index (χ0v) is 9.72. The van der Waals surface area contributed by atoms with Gasteiger partial charge in [-0.15, -0.1) is 11.6 Å². The molecule has 2 unspecified atom stereocenters. The Kier molecular flexibility index (Phi) is 2.94. The van der Waals surface area contributed by atoms with Gasteiger partial charge in [-0.3, -0.25) is 14.9 Å². The van der Waals surface area contributed by atoms with Crippen molar-refractivity contribution in [3.8, 4) is 0 Å². The largest absolute Gasteiger partial charge is 0.381 e. The minimum atomic E-state index is -1.46. The number of aliphatic hydroxyl groups excluding tert-OH is 1. The third-order valence-electron chi connectivity index (χ3n) is 2.46. The fourth-order valence-electron chi connectivity index (χ4n) is 1.58. The number of nitrogens with zero attached hydrogens (tertiary/aromatic N) is 2. The van der Waals surface area contributed by atoms with Gasteiger partial charge in [-0.2, -0.15) is 0 Å². The average molecular weight is 277 g/mol. The number of nitro groups is 1. The predicted octanol–water partition coefficient (Wildman–Crippen LogP) is 1.74. The molecular formula is C9H6Cl2N2O4. The Hall–Kier alpha value is -1.37. The Morgan fingerprint density at radius 1 is 1.47 bits per heavy atom. The molecule has 1 aromatic carbocycles. The molecule has 0 fully saturated rings. The van der Waals surface area contributed by atoms with Crippen LogP contribution in [0.15, 0.2) is 18.2 Å². The second-order valence-corrected chi connectivity index (χ2v) is 4.27. The van der Waals surface area contributed by atoms with Crippen LogP contribution in [-0.2, 0) is 4.79 Å². The van der Waals surface area contributed by atoms with Crippen LogP contribution >= 0.6 is 23.4 Å². The molecule has 1 amide bonds. The maximum Gasteiger partial charge on any atom is 0.272 e. The minimum Gasteiger partial charge on any atom is -0.381 e. The number of anilines is 1. The SMILES string of the molecule is O=C1C(O)C(Cl)c2ccc([N+](=O)[O-])cc2N1Cl. The standard InChI is InChI=1S/C9H6Cl2N2O4/c10-7-5-2-1-4(13(16)17)3-6(5)12(11)9(15)8(7)14/h1-3,7-8,14H. The number of fused-ring (bicyclic) bond motifs is 1. The van der Waals surface area contributed by atoms with Crippen molar-refractivity contribution in [3.05, 3.63) is 33.9 Å². The van der Waals surface area contributed by atoms with Crippen LogP contribution in [0.25, 0.3) is 0 Å². The van der Waals surface area contributed by atoms with Crippen LogP contribution in [0.5, 0.6) is 0 Å². The molecule has 0 aromatic heterocycles. The maximum absolute atomic E-state index is 11.5. The van der Waals surface area contributed by atoms with Crippen LogP contribution in [0.2, 0.25) is 0 Å². The third-order valence-corrected chi connectivity index (χ3v) is 3.28. The minimum absolute atomic E-state index is 0.121. The van der Waals surface area contributed by atoms with E-state index in [1.165, 1.54) is 12.1 Å². The number of benzene rings is 1. The lowest BCUT2D eigenvalue weighted by molar-refractivity contribution is -0.384. The van der Waals surface area contributed by atoms with Gasteiger partial charge in [0, 0.05) is 23.9 Å². The number of hydrogen-bond acceptors (Lipinski definition) is 4. The first-order valence-electron chi connectivity index (χ1n) is 4.53. The zero-order valence-electron chi connectivity index (χ0n) is 8.21. The van der Waals surface area contributed by atoms with Crippen molar-refractivity contribution in [1.82, 2.24) is 0 Å². The zero-order chi connectivity index (χ0) is 12.7. The summed E-state index contributed by atoms with van der Waals surface area (Å²) in [5.41, 5.74) is 0.290. The molecule has 0 aliphatic carbocycles. The van der Waals surface area contributed by atoms with Crippen LogP contribution < -0.4 is 4.42 Å². The quantitative estimate of drug-likeness (QED) is 0.367. The summed E-state index contributed by atoms with van der Waals surface area (Å²) >= 11 is 11.5. The van der Waals surface area contributed by atoms with Crippen molar-refractivity contribution in [3.63, 3.8) is 0 Å². The summed E-state index contributed by atoms with van der Waals surface area (Å²) in [6.45, 7) is 0. The van der Waals surface area contributed by atoms with E-state index in [-0.39, 0.29) is 11.4 Å². The fraction of sp³-hybridized carbons (Fsp3) is 0.222. The van der Waals surface area contributed by atoms with Crippen molar-refractivity contribution < 1.29 is 14.8 Å². The Bertz CT molecular complexity index is 508. The van der Waals surface area contributed by atoms with Crippen molar-refractivity contribution in [1.29, 1.82) is 0 Å². The molecule has 8 heteroatoms. The first-order chi connectivity index (χ1) is 7.93. The Morgan fingerprint density at radius 2 is 2.12 bits per heavy atom. The van der Waals surface area contributed by atoms with E-state index in [0.717, 1.165) is 6.07 Å². The van der Waals surface area contributed by atoms with Gasteiger partial charge in [0.15, 0.2) is 6.10 Å². The molecule has 1 aromatic rings. The van der Waals surface area contributed by atoms with Gasteiger partial charge in [0.2, 0.25) is 0 Å². The number of halogens is 2. The van der Waals surface area contributed by atoms with E-state index in [4.69, 9.17) is 23.4 Å².